The van der Waals surface area contributed by atoms with Gasteiger partial charge in [-0.25, -0.2) is 0 Å². The Hall–Kier alpha value is 0. The molecule has 0 nitrogen and oxygen atoms in total. The second kappa shape index (κ2) is 30.0. The minimum atomic E-state index is 0.718. The van der Waals surface area contributed by atoms with E-state index in [1.54, 1.807) is 0 Å². The van der Waals surface area contributed by atoms with E-state index < -0.39 is 0 Å². The van der Waals surface area contributed by atoms with Crippen molar-refractivity contribution in [3.05, 3.63) is 6.92 Å². The highest BCUT2D eigenvalue weighted by Crippen LogP contribution is 2.19. The van der Waals surface area contributed by atoms with E-state index in [0.717, 1.165) is 5.92 Å². The molecule has 0 aliphatic carbocycles. The average molecular weight is 464 g/mol. The zero-order valence-electron chi connectivity index (χ0n) is 23.8. The highest BCUT2D eigenvalue weighted by atomic mass is 14.1. The van der Waals surface area contributed by atoms with E-state index in [9.17, 15) is 0 Å². The molecule has 1 radical (unpaired) electrons. The quantitative estimate of drug-likeness (QED) is 0.0967. The molecule has 0 aromatic rings. The maximum atomic E-state index is 4.42. The minimum Gasteiger partial charge on any atom is -0.0654 e. The fraction of sp³-hybridized carbons (Fsp3) is 0.970. The van der Waals surface area contributed by atoms with Gasteiger partial charge in [-0.1, -0.05) is 207 Å². The van der Waals surface area contributed by atoms with Crippen LogP contribution in [0.25, 0.3) is 0 Å². The molecule has 1 unspecified atom stereocenters. The Kier molecular flexibility index (Phi) is 30.0. The highest BCUT2D eigenvalue weighted by molar-refractivity contribution is 4.62. The van der Waals surface area contributed by atoms with Gasteiger partial charge in [0.25, 0.3) is 0 Å². The van der Waals surface area contributed by atoms with Gasteiger partial charge in [-0.2, -0.15) is 0 Å². The summed E-state index contributed by atoms with van der Waals surface area (Å²) in [5, 5.41) is 0. The molecule has 0 heteroatoms. The molecule has 0 aliphatic rings. The molecule has 0 rings (SSSR count). The third kappa shape index (κ3) is 30.0. The summed E-state index contributed by atoms with van der Waals surface area (Å²) in [6.45, 7) is 9.03. The lowest BCUT2D eigenvalue weighted by Gasteiger charge is -2.11. The first-order valence-corrected chi connectivity index (χ1v) is 16.1. The van der Waals surface area contributed by atoms with E-state index in [1.807, 2.05) is 0 Å². The van der Waals surface area contributed by atoms with Crippen LogP contribution in [-0.2, 0) is 0 Å². The lowest BCUT2D eigenvalue weighted by molar-refractivity contribution is 0.459. The molecule has 0 aromatic carbocycles. The van der Waals surface area contributed by atoms with Crippen LogP contribution in [0.15, 0.2) is 0 Å². The van der Waals surface area contributed by atoms with Gasteiger partial charge in [0.15, 0.2) is 0 Å². The van der Waals surface area contributed by atoms with Gasteiger partial charge in [0, 0.05) is 0 Å². The molecule has 33 heavy (non-hydrogen) atoms. The van der Waals surface area contributed by atoms with Crippen LogP contribution in [0.1, 0.15) is 200 Å². The van der Waals surface area contributed by atoms with Crippen LogP contribution >= 0.6 is 0 Å². The Bertz CT molecular complexity index is 320. The number of rotatable bonds is 29. The number of unbranched alkanes of at least 4 members (excludes halogenated alkanes) is 25. The molecule has 0 N–H and O–H groups in total. The molecular weight excluding hydrogens is 396 g/mol. The van der Waals surface area contributed by atoms with Gasteiger partial charge in [-0.15, -0.1) is 0 Å². The fourth-order valence-corrected chi connectivity index (χ4v) is 5.22. The van der Waals surface area contributed by atoms with Gasteiger partial charge in [-0.3, -0.25) is 0 Å². The van der Waals surface area contributed by atoms with Crippen molar-refractivity contribution in [1.29, 1.82) is 0 Å². The molecule has 1 atom stereocenters. The maximum Gasteiger partial charge on any atom is -0.0414 e. The second-order valence-electron chi connectivity index (χ2n) is 11.3. The van der Waals surface area contributed by atoms with Gasteiger partial charge in [0.2, 0.25) is 0 Å². The summed E-state index contributed by atoms with van der Waals surface area (Å²) in [5.41, 5.74) is 0. The van der Waals surface area contributed by atoms with E-state index in [4.69, 9.17) is 0 Å². The van der Waals surface area contributed by atoms with Gasteiger partial charge >= 0.3 is 0 Å². The van der Waals surface area contributed by atoms with Crippen molar-refractivity contribution < 1.29 is 0 Å². The monoisotopic (exact) mass is 464 g/mol. The third-order valence-electron chi connectivity index (χ3n) is 7.68. The van der Waals surface area contributed by atoms with Crippen molar-refractivity contribution in [2.75, 3.05) is 0 Å². The van der Waals surface area contributed by atoms with Crippen molar-refractivity contribution in [2.45, 2.75) is 200 Å². The summed E-state index contributed by atoms with van der Waals surface area (Å²) < 4.78 is 0. The van der Waals surface area contributed by atoms with Gasteiger partial charge < -0.3 is 0 Å². The molecule has 0 heterocycles. The summed E-state index contributed by atoms with van der Waals surface area (Å²) in [5.74, 6) is 0.718. The SMILES string of the molecule is [CH2]C(CCCCCCCCCCC)CCCCCCCCCCCCCCCCCCCC. The van der Waals surface area contributed by atoms with E-state index in [2.05, 4.69) is 20.8 Å². The third-order valence-corrected chi connectivity index (χ3v) is 7.68. The molecule has 0 saturated carbocycles. The molecule has 199 valence electrons. The number of hydrogen-bond acceptors (Lipinski definition) is 0. The molecule has 0 saturated heterocycles. The van der Waals surface area contributed by atoms with Gasteiger partial charge in [0.1, 0.15) is 0 Å². The Morgan fingerprint density at radius 3 is 0.697 bits per heavy atom. The molecule has 0 amide bonds. The topological polar surface area (TPSA) is 0 Å². The number of hydrogen-bond donors (Lipinski definition) is 0. The summed E-state index contributed by atoms with van der Waals surface area (Å²) in [6.07, 6.45) is 42.1. The zero-order chi connectivity index (χ0) is 24.1. The van der Waals surface area contributed by atoms with Crippen molar-refractivity contribution in [3.8, 4) is 0 Å². The summed E-state index contributed by atoms with van der Waals surface area (Å²) in [6, 6.07) is 0. The Balaban J connectivity index is 3.11. The largest absolute Gasteiger partial charge is 0.0654 e. The predicted octanol–water partition coefficient (Wildman–Crippen LogP) is 12.8. The zero-order valence-corrected chi connectivity index (χ0v) is 23.8. The highest BCUT2D eigenvalue weighted by Gasteiger charge is 2.02. The fourth-order valence-electron chi connectivity index (χ4n) is 5.22. The van der Waals surface area contributed by atoms with Crippen LogP contribution in [0.5, 0.6) is 0 Å². The van der Waals surface area contributed by atoms with Crippen molar-refractivity contribution in [2.24, 2.45) is 5.92 Å². The van der Waals surface area contributed by atoms with E-state index in [0.29, 0.717) is 0 Å². The molecule has 0 fully saturated rings. The standard InChI is InChI=1S/C33H67/c1-4-6-8-10-12-14-15-16-17-18-19-20-21-22-24-26-28-30-32-33(3)31-29-27-25-23-13-11-9-7-5-2/h33H,3-32H2,1-2H3. The molecule has 0 bridgehead atoms. The van der Waals surface area contributed by atoms with Gasteiger partial charge in [-0.05, 0) is 5.92 Å². The first-order valence-electron chi connectivity index (χ1n) is 16.1. The Morgan fingerprint density at radius 1 is 0.303 bits per heavy atom. The first-order chi connectivity index (χ1) is 16.3. The van der Waals surface area contributed by atoms with Crippen LogP contribution in [0.4, 0.5) is 0 Å². The van der Waals surface area contributed by atoms with Gasteiger partial charge in [0.05, 0.1) is 0 Å². The Morgan fingerprint density at radius 2 is 0.485 bits per heavy atom. The van der Waals surface area contributed by atoms with Crippen LogP contribution in [0, 0.1) is 12.8 Å². The van der Waals surface area contributed by atoms with Crippen LogP contribution in [-0.4, -0.2) is 0 Å². The summed E-state index contributed by atoms with van der Waals surface area (Å²) in [4.78, 5) is 0. The van der Waals surface area contributed by atoms with Crippen LogP contribution in [0.3, 0.4) is 0 Å². The second-order valence-corrected chi connectivity index (χ2v) is 11.3. The van der Waals surface area contributed by atoms with Crippen molar-refractivity contribution >= 4 is 0 Å². The van der Waals surface area contributed by atoms with E-state index >= 15 is 0 Å². The normalized spacial score (nSPS) is 12.5. The minimum absolute atomic E-state index is 0.718. The van der Waals surface area contributed by atoms with Crippen LogP contribution in [0.2, 0.25) is 0 Å². The Labute approximate surface area is 212 Å². The van der Waals surface area contributed by atoms with E-state index in [-0.39, 0.29) is 0 Å². The molecular formula is C33H67. The van der Waals surface area contributed by atoms with Crippen LogP contribution < -0.4 is 0 Å². The average Bonchev–Trinajstić information content (AvgIpc) is 2.82. The molecule has 0 aromatic heterocycles. The maximum absolute atomic E-state index is 4.42. The summed E-state index contributed by atoms with van der Waals surface area (Å²) in [7, 11) is 0. The predicted molar refractivity (Wildman–Crippen MR) is 154 cm³/mol. The molecule has 0 spiro atoms. The lowest BCUT2D eigenvalue weighted by Crippen LogP contribution is -1.95. The van der Waals surface area contributed by atoms with Crippen molar-refractivity contribution in [3.63, 3.8) is 0 Å². The van der Waals surface area contributed by atoms with Crippen molar-refractivity contribution in [1.82, 2.24) is 0 Å². The smallest absolute Gasteiger partial charge is 0.0414 e. The van der Waals surface area contributed by atoms with E-state index in [1.165, 1.54) is 186 Å². The first kappa shape index (κ1) is 33.0. The molecule has 0 aliphatic heterocycles. The lowest BCUT2D eigenvalue weighted by atomic mass is 9.95. The summed E-state index contributed by atoms with van der Waals surface area (Å²) >= 11 is 0.